The van der Waals surface area contributed by atoms with Gasteiger partial charge in [-0.1, -0.05) is 23.4 Å². The zero-order valence-electron chi connectivity index (χ0n) is 11.5. The quantitative estimate of drug-likeness (QED) is 0.744. The van der Waals surface area contributed by atoms with Crippen molar-refractivity contribution in [3.63, 3.8) is 0 Å². The first-order chi connectivity index (χ1) is 9.79. The first kappa shape index (κ1) is 14.5. The van der Waals surface area contributed by atoms with Crippen molar-refractivity contribution in [3.05, 3.63) is 42.0 Å². The first-order valence-electron chi connectivity index (χ1n) is 6.54. The molecule has 0 bridgehead atoms. The molecule has 6 heteroatoms. The van der Waals surface area contributed by atoms with Crippen molar-refractivity contribution in [1.82, 2.24) is 10.1 Å². The third-order valence-electron chi connectivity index (χ3n) is 2.78. The van der Waals surface area contributed by atoms with E-state index in [0.717, 1.165) is 18.6 Å². The molecule has 0 spiro atoms. The summed E-state index contributed by atoms with van der Waals surface area (Å²) in [5.41, 5.74) is 5.96. The van der Waals surface area contributed by atoms with Crippen molar-refractivity contribution in [1.29, 1.82) is 0 Å². The fourth-order valence-corrected chi connectivity index (χ4v) is 1.71. The Bertz CT molecular complexity index is 501. The largest absolute Gasteiger partial charge is 0.485 e. The standard InChI is InChI=1S/C14H19N3O3/c1-18-9-5-8-12(15)14-16-13(17-20-14)10-19-11-6-3-2-4-7-11/h2-4,6-7,12H,5,8-10,15H2,1H3. The van der Waals surface area contributed by atoms with Gasteiger partial charge in [0.05, 0.1) is 6.04 Å². The molecule has 1 heterocycles. The predicted molar refractivity (Wildman–Crippen MR) is 73.1 cm³/mol. The number of hydrogen-bond donors (Lipinski definition) is 1. The summed E-state index contributed by atoms with van der Waals surface area (Å²) < 4.78 is 15.7. The summed E-state index contributed by atoms with van der Waals surface area (Å²) in [4.78, 5) is 4.24. The van der Waals surface area contributed by atoms with E-state index in [-0.39, 0.29) is 12.6 Å². The summed E-state index contributed by atoms with van der Waals surface area (Å²) in [7, 11) is 1.66. The van der Waals surface area contributed by atoms with Gasteiger partial charge in [-0.15, -0.1) is 0 Å². The second kappa shape index (κ2) is 7.62. The van der Waals surface area contributed by atoms with Crippen molar-refractivity contribution < 1.29 is 14.0 Å². The van der Waals surface area contributed by atoms with Gasteiger partial charge >= 0.3 is 0 Å². The smallest absolute Gasteiger partial charge is 0.243 e. The molecule has 1 aromatic carbocycles. The van der Waals surface area contributed by atoms with Gasteiger partial charge in [0.25, 0.3) is 0 Å². The molecule has 0 aliphatic carbocycles. The van der Waals surface area contributed by atoms with E-state index in [1.165, 1.54) is 0 Å². The van der Waals surface area contributed by atoms with Crippen molar-refractivity contribution in [2.45, 2.75) is 25.5 Å². The van der Waals surface area contributed by atoms with Crippen molar-refractivity contribution in [2.24, 2.45) is 5.73 Å². The number of nitrogens with two attached hydrogens (primary N) is 1. The molecular weight excluding hydrogens is 258 g/mol. The minimum absolute atomic E-state index is 0.261. The topological polar surface area (TPSA) is 83.4 Å². The number of benzene rings is 1. The van der Waals surface area contributed by atoms with E-state index in [1.807, 2.05) is 30.3 Å². The van der Waals surface area contributed by atoms with E-state index in [0.29, 0.717) is 18.3 Å². The first-order valence-corrected chi connectivity index (χ1v) is 6.54. The Morgan fingerprint density at radius 1 is 1.30 bits per heavy atom. The third kappa shape index (κ3) is 4.32. The van der Waals surface area contributed by atoms with Gasteiger partial charge in [0.15, 0.2) is 6.61 Å². The molecule has 0 aliphatic rings. The van der Waals surface area contributed by atoms with Crippen LogP contribution < -0.4 is 10.5 Å². The molecule has 0 aliphatic heterocycles. The summed E-state index contributed by atoms with van der Waals surface area (Å²) in [6, 6.07) is 9.22. The van der Waals surface area contributed by atoms with E-state index < -0.39 is 0 Å². The van der Waals surface area contributed by atoms with E-state index >= 15 is 0 Å². The lowest BCUT2D eigenvalue weighted by atomic mass is 10.2. The Morgan fingerprint density at radius 2 is 2.10 bits per heavy atom. The van der Waals surface area contributed by atoms with Crippen molar-refractivity contribution >= 4 is 0 Å². The molecule has 0 fully saturated rings. The van der Waals surface area contributed by atoms with Crippen LogP contribution in [-0.4, -0.2) is 23.9 Å². The molecule has 2 rings (SSSR count). The van der Waals surface area contributed by atoms with E-state index in [9.17, 15) is 0 Å². The summed E-state index contributed by atoms with van der Waals surface area (Å²) in [5, 5.41) is 3.86. The van der Waals surface area contributed by atoms with Crippen LogP contribution in [0, 0.1) is 0 Å². The molecule has 0 saturated carbocycles. The Kier molecular flexibility index (Phi) is 5.52. The van der Waals surface area contributed by atoms with E-state index in [2.05, 4.69) is 10.1 Å². The van der Waals surface area contributed by atoms with Crippen LogP contribution in [0.1, 0.15) is 30.6 Å². The van der Waals surface area contributed by atoms with Crippen molar-refractivity contribution in [2.75, 3.05) is 13.7 Å². The number of para-hydroxylation sites is 1. The van der Waals surface area contributed by atoms with Gasteiger partial charge in [-0.05, 0) is 25.0 Å². The van der Waals surface area contributed by atoms with Gasteiger partial charge < -0.3 is 19.7 Å². The maximum atomic E-state index is 5.96. The van der Waals surface area contributed by atoms with Crippen LogP contribution in [0.3, 0.4) is 0 Å². The molecule has 2 aromatic rings. The number of rotatable bonds is 8. The highest BCUT2D eigenvalue weighted by Gasteiger charge is 2.14. The van der Waals surface area contributed by atoms with E-state index in [1.54, 1.807) is 7.11 Å². The highest BCUT2D eigenvalue weighted by Crippen LogP contribution is 2.15. The minimum atomic E-state index is -0.261. The molecule has 20 heavy (non-hydrogen) atoms. The van der Waals surface area contributed by atoms with Gasteiger partial charge in [0, 0.05) is 13.7 Å². The van der Waals surface area contributed by atoms with Crippen LogP contribution in [-0.2, 0) is 11.3 Å². The zero-order chi connectivity index (χ0) is 14.2. The Balaban J connectivity index is 1.82. The van der Waals surface area contributed by atoms with E-state index in [4.69, 9.17) is 19.7 Å². The molecule has 1 aromatic heterocycles. The van der Waals surface area contributed by atoms with Crippen LogP contribution in [0.25, 0.3) is 0 Å². The SMILES string of the molecule is COCCCC(N)c1nc(COc2ccccc2)no1. The molecule has 0 radical (unpaired) electrons. The average molecular weight is 277 g/mol. The van der Waals surface area contributed by atoms with Gasteiger partial charge in [0.1, 0.15) is 5.75 Å². The second-order valence-electron chi connectivity index (χ2n) is 4.39. The van der Waals surface area contributed by atoms with Crippen LogP contribution in [0.5, 0.6) is 5.75 Å². The van der Waals surface area contributed by atoms with Crippen LogP contribution in [0.15, 0.2) is 34.9 Å². The molecular formula is C14H19N3O3. The predicted octanol–water partition coefficient (Wildman–Crippen LogP) is 2.08. The summed E-state index contributed by atoms with van der Waals surface area (Å²) in [6.45, 7) is 0.935. The van der Waals surface area contributed by atoms with Gasteiger partial charge in [-0.3, -0.25) is 0 Å². The monoisotopic (exact) mass is 277 g/mol. The fraction of sp³-hybridized carbons (Fsp3) is 0.429. The zero-order valence-corrected chi connectivity index (χ0v) is 11.5. The number of methoxy groups -OCH3 is 1. The molecule has 1 unspecified atom stereocenters. The number of hydrogen-bond acceptors (Lipinski definition) is 6. The van der Waals surface area contributed by atoms with Crippen molar-refractivity contribution in [3.8, 4) is 5.75 Å². The van der Waals surface area contributed by atoms with Gasteiger partial charge in [-0.25, -0.2) is 0 Å². The Morgan fingerprint density at radius 3 is 2.85 bits per heavy atom. The lowest BCUT2D eigenvalue weighted by molar-refractivity contribution is 0.188. The van der Waals surface area contributed by atoms with Gasteiger partial charge in [0.2, 0.25) is 11.7 Å². The number of ether oxygens (including phenoxy) is 2. The van der Waals surface area contributed by atoms with Crippen LogP contribution in [0.4, 0.5) is 0 Å². The third-order valence-corrected chi connectivity index (χ3v) is 2.78. The van der Waals surface area contributed by atoms with Crippen LogP contribution in [0.2, 0.25) is 0 Å². The molecule has 6 nitrogen and oxygen atoms in total. The second-order valence-corrected chi connectivity index (χ2v) is 4.39. The molecule has 1 atom stereocenters. The number of aromatic nitrogens is 2. The number of nitrogens with zero attached hydrogens (tertiary/aromatic N) is 2. The highest BCUT2D eigenvalue weighted by atomic mass is 16.5. The summed E-state index contributed by atoms with van der Waals surface area (Å²) in [5.74, 6) is 1.70. The highest BCUT2D eigenvalue weighted by molar-refractivity contribution is 5.20. The maximum absolute atomic E-state index is 5.96. The lowest BCUT2D eigenvalue weighted by Crippen LogP contribution is -2.11. The normalized spacial score (nSPS) is 12.3. The summed E-state index contributed by atoms with van der Waals surface area (Å²) >= 11 is 0. The molecule has 2 N–H and O–H groups in total. The molecule has 108 valence electrons. The summed E-state index contributed by atoms with van der Waals surface area (Å²) in [6.07, 6.45) is 1.60. The Labute approximate surface area is 117 Å². The van der Waals surface area contributed by atoms with Gasteiger partial charge in [-0.2, -0.15) is 4.98 Å². The molecule has 0 amide bonds. The lowest BCUT2D eigenvalue weighted by Gasteiger charge is -2.05. The average Bonchev–Trinajstić information content (AvgIpc) is 2.95. The Hall–Kier alpha value is -1.92. The fourth-order valence-electron chi connectivity index (χ4n) is 1.71. The minimum Gasteiger partial charge on any atom is -0.485 e. The maximum Gasteiger partial charge on any atom is 0.243 e. The van der Waals surface area contributed by atoms with Crippen LogP contribution >= 0.6 is 0 Å². The molecule has 0 saturated heterocycles.